The third kappa shape index (κ3) is 5.54. The van der Waals surface area contributed by atoms with Gasteiger partial charge in [-0.15, -0.1) is 11.3 Å². The van der Waals surface area contributed by atoms with Crippen molar-refractivity contribution < 1.29 is 22.7 Å². The highest BCUT2D eigenvalue weighted by Crippen LogP contribution is 2.35. The van der Waals surface area contributed by atoms with Crippen LogP contribution in [0.5, 0.6) is 0 Å². The summed E-state index contributed by atoms with van der Waals surface area (Å²) in [5.41, 5.74) is 0.857. The minimum absolute atomic E-state index is 0.0332. The maximum Gasteiger partial charge on any atom is 0.418 e. The first kappa shape index (κ1) is 19.4. The van der Waals surface area contributed by atoms with Crippen LogP contribution in [-0.2, 0) is 22.5 Å². The van der Waals surface area contributed by atoms with Gasteiger partial charge in [0.25, 0.3) is 0 Å². The molecule has 25 heavy (non-hydrogen) atoms. The summed E-state index contributed by atoms with van der Waals surface area (Å²) in [5, 5.41) is 3.47. The summed E-state index contributed by atoms with van der Waals surface area (Å²) in [7, 11) is 0. The molecule has 1 heterocycles. The van der Waals surface area contributed by atoms with Gasteiger partial charge in [-0.3, -0.25) is 4.79 Å². The first-order valence-electron chi connectivity index (χ1n) is 7.76. The predicted molar refractivity (Wildman–Crippen MR) is 89.3 cm³/mol. The van der Waals surface area contributed by atoms with Crippen molar-refractivity contribution >= 4 is 17.2 Å². The highest BCUT2D eigenvalue weighted by molar-refractivity contribution is 7.11. The number of hydrogen-bond acceptors (Lipinski definition) is 4. The second-order valence-corrected chi connectivity index (χ2v) is 6.66. The molecule has 136 valence electrons. The molecule has 4 nitrogen and oxygen atoms in total. The van der Waals surface area contributed by atoms with Crippen LogP contribution in [0.25, 0.3) is 0 Å². The zero-order chi connectivity index (χ0) is 18.4. The van der Waals surface area contributed by atoms with Crippen LogP contribution in [0.15, 0.2) is 30.3 Å². The number of nitrogens with zero attached hydrogens (tertiary/aromatic N) is 1. The molecule has 1 aromatic heterocycles. The number of aromatic nitrogens is 1. The summed E-state index contributed by atoms with van der Waals surface area (Å²) in [6.07, 6.45) is -5.99. The van der Waals surface area contributed by atoms with Crippen molar-refractivity contribution in [3.05, 3.63) is 51.5 Å². The highest BCUT2D eigenvalue weighted by atomic mass is 32.1. The van der Waals surface area contributed by atoms with Crippen molar-refractivity contribution in [3.63, 3.8) is 0 Å². The quantitative estimate of drug-likeness (QED) is 0.801. The number of carbonyl (C=O) groups excluding carboxylic acids is 1. The Hall–Kier alpha value is -1.93. The molecule has 0 aliphatic heterocycles. The Morgan fingerprint density at radius 3 is 2.60 bits per heavy atom. The monoisotopic (exact) mass is 372 g/mol. The average Bonchev–Trinajstić information content (AvgIpc) is 2.93. The molecule has 1 atom stereocenters. The lowest BCUT2D eigenvalue weighted by Crippen LogP contribution is -2.31. The number of alkyl halides is 3. The van der Waals surface area contributed by atoms with E-state index in [2.05, 4.69) is 10.3 Å². The lowest BCUT2D eigenvalue weighted by atomic mass is 10.1. The Balaban J connectivity index is 1.93. The minimum atomic E-state index is -4.59. The summed E-state index contributed by atoms with van der Waals surface area (Å²) in [6.45, 7) is 3.39. The molecule has 0 aliphatic carbocycles. The molecule has 0 saturated carbocycles. The van der Waals surface area contributed by atoms with Gasteiger partial charge in [-0.25, -0.2) is 4.98 Å². The van der Waals surface area contributed by atoms with E-state index in [1.165, 1.54) is 35.6 Å². The van der Waals surface area contributed by atoms with Crippen molar-refractivity contribution in [3.8, 4) is 0 Å². The normalized spacial score (nSPS) is 12.8. The molecule has 1 amide bonds. The van der Waals surface area contributed by atoms with Crippen LogP contribution in [0.1, 0.15) is 34.2 Å². The Morgan fingerprint density at radius 2 is 2.00 bits per heavy atom. The van der Waals surface area contributed by atoms with Gasteiger partial charge >= 0.3 is 6.18 Å². The Morgan fingerprint density at radius 1 is 1.32 bits per heavy atom. The molecule has 8 heteroatoms. The van der Waals surface area contributed by atoms with Crippen LogP contribution in [0, 0.1) is 6.92 Å². The largest absolute Gasteiger partial charge is 0.418 e. The third-order valence-corrected chi connectivity index (χ3v) is 4.46. The van der Waals surface area contributed by atoms with Crippen LogP contribution in [-0.4, -0.2) is 23.7 Å². The molecule has 2 rings (SSSR count). The zero-order valence-corrected chi connectivity index (χ0v) is 14.7. The van der Waals surface area contributed by atoms with Gasteiger partial charge in [0.2, 0.25) is 5.91 Å². The van der Waals surface area contributed by atoms with Gasteiger partial charge in [-0.2, -0.15) is 13.2 Å². The number of ether oxygens (including phenoxy) is 1. The van der Waals surface area contributed by atoms with E-state index in [-0.39, 0.29) is 12.1 Å². The highest BCUT2D eigenvalue weighted by Gasteiger charge is 2.42. The number of hydrogen-bond donors (Lipinski definition) is 1. The van der Waals surface area contributed by atoms with Gasteiger partial charge in [0.1, 0.15) is 6.61 Å². The van der Waals surface area contributed by atoms with E-state index in [4.69, 9.17) is 4.74 Å². The molecule has 1 N–H and O–H groups in total. The summed E-state index contributed by atoms with van der Waals surface area (Å²) >= 11 is 1.46. The van der Waals surface area contributed by atoms with E-state index >= 15 is 0 Å². The van der Waals surface area contributed by atoms with Crippen LogP contribution in [0.3, 0.4) is 0 Å². The van der Waals surface area contributed by atoms with Crippen LogP contribution in [0.2, 0.25) is 0 Å². The maximum absolute atomic E-state index is 13.1. The molecule has 0 fully saturated rings. The third-order valence-electron chi connectivity index (χ3n) is 3.45. The standard InChI is InChI=1S/C17H19F3N2O2S/c1-3-13-14(25-11(2)22-13)9-21-15(23)10-24-16(17(18,19)20)12-7-5-4-6-8-12/h4-8,16H,3,9-10H2,1-2H3,(H,21,23). The topological polar surface area (TPSA) is 51.2 Å². The molecule has 0 aliphatic rings. The number of halogens is 3. The molecular formula is C17H19F3N2O2S. The SMILES string of the molecule is CCc1nc(C)sc1CNC(=O)COC(c1ccccc1)C(F)(F)F. The number of thiazole rings is 1. The molecule has 0 spiro atoms. The van der Waals surface area contributed by atoms with Crippen molar-refractivity contribution in [2.45, 2.75) is 39.1 Å². The number of carbonyl (C=O) groups is 1. The van der Waals surface area contributed by atoms with E-state index < -0.39 is 24.8 Å². The number of amides is 1. The predicted octanol–water partition coefficient (Wildman–Crippen LogP) is 3.95. The van der Waals surface area contributed by atoms with Crippen molar-refractivity contribution in [1.82, 2.24) is 10.3 Å². The Kier molecular flexibility index (Phi) is 6.55. The molecule has 0 bridgehead atoms. The summed E-state index contributed by atoms with van der Waals surface area (Å²) in [5.74, 6) is -0.599. The molecule has 0 radical (unpaired) electrons. The van der Waals surface area contributed by atoms with E-state index in [1.807, 2.05) is 13.8 Å². The number of aryl methyl sites for hydroxylation is 2. The minimum Gasteiger partial charge on any atom is -0.354 e. The van der Waals surface area contributed by atoms with Gasteiger partial charge in [-0.1, -0.05) is 37.3 Å². The van der Waals surface area contributed by atoms with E-state index in [0.29, 0.717) is 0 Å². The lowest BCUT2D eigenvalue weighted by Gasteiger charge is -2.21. The molecule has 0 saturated heterocycles. The van der Waals surface area contributed by atoms with Gasteiger partial charge in [0.15, 0.2) is 6.10 Å². The van der Waals surface area contributed by atoms with E-state index in [1.54, 1.807) is 6.07 Å². The Bertz CT molecular complexity index is 702. The Labute approximate surface area is 148 Å². The van der Waals surface area contributed by atoms with Crippen LogP contribution >= 0.6 is 11.3 Å². The lowest BCUT2D eigenvalue weighted by molar-refractivity contribution is -0.223. The smallest absolute Gasteiger partial charge is 0.354 e. The van der Waals surface area contributed by atoms with Crippen molar-refractivity contribution in [2.75, 3.05) is 6.61 Å². The molecular weight excluding hydrogens is 353 g/mol. The zero-order valence-electron chi connectivity index (χ0n) is 13.9. The van der Waals surface area contributed by atoms with Gasteiger partial charge in [-0.05, 0) is 18.9 Å². The summed E-state index contributed by atoms with van der Waals surface area (Å²) in [4.78, 5) is 17.1. The van der Waals surface area contributed by atoms with Gasteiger partial charge in [0, 0.05) is 4.88 Å². The van der Waals surface area contributed by atoms with Gasteiger partial charge in [0.05, 0.1) is 17.2 Å². The summed E-state index contributed by atoms with van der Waals surface area (Å²) in [6, 6.07) is 7.26. The fraction of sp³-hybridized carbons (Fsp3) is 0.412. The van der Waals surface area contributed by atoms with Gasteiger partial charge < -0.3 is 10.1 Å². The first-order chi connectivity index (χ1) is 11.8. The number of rotatable bonds is 7. The fourth-order valence-electron chi connectivity index (χ4n) is 2.32. The first-order valence-corrected chi connectivity index (χ1v) is 8.58. The molecule has 2 aromatic rings. The van der Waals surface area contributed by atoms with E-state index in [0.717, 1.165) is 22.0 Å². The summed E-state index contributed by atoms with van der Waals surface area (Å²) < 4.78 is 44.3. The average molecular weight is 372 g/mol. The molecule has 1 aromatic carbocycles. The maximum atomic E-state index is 13.1. The van der Waals surface area contributed by atoms with E-state index in [9.17, 15) is 18.0 Å². The fourth-order valence-corrected chi connectivity index (χ4v) is 3.29. The molecule has 1 unspecified atom stereocenters. The number of benzene rings is 1. The van der Waals surface area contributed by atoms with Crippen LogP contribution in [0.4, 0.5) is 13.2 Å². The van der Waals surface area contributed by atoms with Crippen LogP contribution < -0.4 is 5.32 Å². The van der Waals surface area contributed by atoms with Crippen molar-refractivity contribution in [1.29, 1.82) is 0 Å². The second kappa shape index (κ2) is 8.44. The van der Waals surface area contributed by atoms with Crippen molar-refractivity contribution in [2.24, 2.45) is 0 Å². The second-order valence-electron chi connectivity index (χ2n) is 5.38. The number of nitrogens with one attached hydrogen (secondary N) is 1.